The first-order chi connectivity index (χ1) is 7.66. The van der Waals surface area contributed by atoms with Gasteiger partial charge in [0, 0.05) is 5.41 Å². The summed E-state index contributed by atoms with van der Waals surface area (Å²) in [6.45, 7) is 15.7. The van der Waals surface area contributed by atoms with E-state index < -0.39 is 0 Å². The molecule has 16 heavy (non-hydrogen) atoms. The first kappa shape index (κ1) is 12.6. The Hall–Kier alpha value is -1.48. The topological polar surface area (TPSA) is 0 Å². The lowest BCUT2D eigenvalue weighted by atomic mass is 9.52. The lowest BCUT2D eigenvalue weighted by Gasteiger charge is -2.50. The van der Waals surface area contributed by atoms with Crippen LogP contribution in [0.25, 0.3) is 0 Å². The van der Waals surface area contributed by atoms with Crippen LogP contribution in [0, 0.1) is 29.1 Å². The van der Waals surface area contributed by atoms with Gasteiger partial charge in [-0.3, -0.25) is 0 Å². The monoisotopic (exact) mass is 212 g/mol. The summed E-state index contributed by atoms with van der Waals surface area (Å²) in [5, 5.41) is 0. The van der Waals surface area contributed by atoms with E-state index in [1.54, 1.807) is 0 Å². The van der Waals surface area contributed by atoms with Crippen LogP contribution in [-0.4, -0.2) is 0 Å². The molecule has 84 valence electrons. The minimum absolute atomic E-state index is 0.297. The average molecular weight is 212 g/mol. The van der Waals surface area contributed by atoms with Crippen LogP contribution in [0.15, 0.2) is 50.6 Å². The van der Waals surface area contributed by atoms with Gasteiger partial charge < -0.3 is 0 Å². The van der Waals surface area contributed by atoms with E-state index in [2.05, 4.69) is 32.2 Å². The molecule has 0 aromatic rings. The molecule has 0 N–H and O–H groups in total. The van der Waals surface area contributed by atoms with Crippen molar-refractivity contribution in [3.63, 3.8) is 0 Å². The van der Waals surface area contributed by atoms with Crippen molar-refractivity contribution in [1.29, 1.82) is 0 Å². The van der Waals surface area contributed by atoms with Gasteiger partial charge in [-0.25, -0.2) is 0 Å². The molecule has 1 rings (SSSR count). The Balaban J connectivity index is 3.42. The van der Waals surface area contributed by atoms with Crippen LogP contribution >= 0.6 is 0 Å². The van der Waals surface area contributed by atoms with Gasteiger partial charge in [-0.2, -0.15) is 0 Å². The number of rotatable bonds is 4. The van der Waals surface area contributed by atoms with Gasteiger partial charge in [-0.1, -0.05) is 36.6 Å². The maximum atomic E-state index is 5.74. The van der Waals surface area contributed by atoms with E-state index in [9.17, 15) is 0 Å². The molecule has 2 atom stereocenters. The first-order valence-electron chi connectivity index (χ1n) is 5.67. The molecule has 1 saturated carbocycles. The zero-order valence-corrected chi connectivity index (χ0v) is 9.91. The molecule has 0 amide bonds. The van der Waals surface area contributed by atoms with Crippen LogP contribution in [0.2, 0.25) is 0 Å². The molecule has 0 saturated heterocycles. The number of terminal acetylenes is 1. The quantitative estimate of drug-likeness (QED) is 0.485. The zero-order valence-electron chi connectivity index (χ0n) is 9.91. The molecule has 0 bridgehead atoms. The second-order valence-electron chi connectivity index (χ2n) is 4.40. The summed E-state index contributed by atoms with van der Waals surface area (Å²) in [4.78, 5) is 0. The van der Waals surface area contributed by atoms with E-state index in [4.69, 9.17) is 6.42 Å². The van der Waals surface area contributed by atoms with Crippen molar-refractivity contribution < 1.29 is 0 Å². The van der Waals surface area contributed by atoms with Gasteiger partial charge in [-0.05, 0) is 18.8 Å². The Bertz CT molecular complexity index is 345. The van der Waals surface area contributed by atoms with Crippen LogP contribution in [0.4, 0.5) is 0 Å². The van der Waals surface area contributed by atoms with Crippen molar-refractivity contribution in [2.75, 3.05) is 0 Å². The van der Waals surface area contributed by atoms with Crippen LogP contribution in [0.3, 0.4) is 0 Å². The van der Waals surface area contributed by atoms with Gasteiger partial charge in [0.15, 0.2) is 0 Å². The molecule has 0 heterocycles. The van der Waals surface area contributed by atoms with Crippen molar-refractivity contribution in [1.82, 2.24) is 0 Å². The lowest BCUT2D eigenvalue weighted by Crippen LogP contribution is -2.45. The third kappa shape index (κ3) is 1.39. The zero-order chi connectivity index (χ0) is 12.2. The number of hydrogen-bond donors (Lipinski definition) is 0. The second-order valence-corrected chi connectivity index (χ2v) is 4.40. The summed E-state index contributed by atoms with van der Waals surface area (Å²) in [6.07, 6.45) is 16.6. The molecular formula is C16H20. The van der Waals surface area contributed by atoms with Gasteiger partial charge in [0.1, 0.15) is 0 Å². The average Bonchev–Trinajstić information content (AvgIpc) is 2.37. The maximum Gasteiger partial charge on any atom is 0.0619 e. The molecule has 1 aliphatic carbocycles. The van der Waals surface area contributed by atoms with E-state index in [1.165, 1.54) is 0 Å². The molecule has 2 unspecified atom stereocenters. The largest absolute Gasteiger partial charge is 0.119 e. The Morgan fingerprint density at radius 1 is 1.12 bits per heavy atom. The Kier molecular flexibility index (Phi) is 3.60. The first-order valence-corrected chi connectivity index (χ1v) is 5.67. The fourth-order valence-corrected chi connectivity index (χ4v) is 2.99. The highest BCUT2D eigenvalue weighted by Crippen LogP contribution is 2.56. The SMILES string of the molecule is C#CC1(C=C)CCCC(C=C)C1(C=C)C=C. The van der Waals surface area contributed by atoms with Crippen molar-refractivity contribution >= 4 is 0 Å². The highest BCUT2D eigenvalue weighted by Gasteiger charge is 2.50. The minimum atomic E-state index is -0.367. The fourth-order valence-electron chi connectivity index (χ4n) is 2.99. The normalized spacial score (nSPS) is 32.1. The molecule has 0 radical (unpaired) electrons. The lowest BCUT2D eigenvalue weighted by molar-refractivity contribution is 0.133. The van der Waals surface area contributed by atoms with E-state index in [0.29, 0.717) is 5.92 Å². The molecule has 1 aliphatic rings. The summed E-state index contributed by atoms with van der Waals surface area (Å²) in [5.74, 6) is 3.21. The Labute approximate surface area is 99.4 Å². The Morgan fingerprint density at radius 3 is 2.12 bits per heavy atom. The van der Waals surface area contributed by atoms with Gasteiger partial charge in [-0.15, -0.1) is 32.7 Å². The number of hydrogen-bond acceptors (Lipinski definition) is 0. The summed E-state index contributed by atoms with van der Waals surface area (Å²) < 4.78 is 0. The van der Waals surface area contributed by atoms with Gasteiger partial charge in [0.25, 0.3) is 0 Å². The smallest absolute Gasteiger partial charge is 0.0619 e. The summed E-state index contributed by atoms with van der Waals surface area (Å²) in [6, 6.07) is 0. The third-order valence-electron chi connectivity index (χ3n) is 4.04. The van der Waals surface area contributed by atoms with Crippen LogP contribution in [-0.2, 0) is 0 Å². The van der Waals surface area contributed by atoms with E-state index in [-0.39, 0.29) is 10.8 Å². The van der Waals surface area contributed by atoms with Crippen molar-refractivity contribution in [3.8, 4) is 12.3 Å². The van der Waals surface area contributed by atoms with Gasteiger partial charge >= 0.3 is 0 Å². The minimum Gasteiger partial charge on any atom is -0.119 e. The van der Waals surface area contributed by atoms with E-state index in [1.807, 2.05) is 24.3 Å². The summed E-state index contributed by atoms with van der Waals surface area (Å²) >= 11 is 0. The number of allylic oxidation sites excluding steroid dienone is 4. The molecule has 0 spiro atoms. The Morgan fingerprint density at radius 2 is 1.75 bits per heavy atom. The van der Waals surface area contributed by atoms with E-state index in [0.717, 1.165) is 19.3 Å². The summed E-state index contributed by atoms with van der Waals surface area (Å²) in [7, 11) is 0. The predicted molar refractivity (Wildman–Crippen MR) is 71.8 cm³/mol. The molecule has 1 fully saturated rings. The van der Waals surface area contributed by atoms with Crippen LogP contribution in [0.5, 0.6) is 0 Å². The van der Waals surface area contributed by atoms with Crippen molar-refractivity contribution in [2.45, 2.75) is 19.3 Å². The standard InChI is InChI=1S/C16H20/c1-6-14-12-11-13-15(7-2,8-3)16(14,9-4)10-5/h2,6,8-10,14H,1,3-5,11-13H2. The predicted octanol–water partition coefficient (Wildman–Crippen LogP) is 4.14. The highest BCUT2D eigenvalue weighted by molar-refractivity contribution is 5.34. The second kappa shape index (κ2) is 4.58. The molecule has 0 aromatic carbocycles. The van der Waals surface area contributed by atoms with Crippen LogP contribution < -0.4 is 0 Å². The molecule has 0 aliphatic heterocycles. The third-order valence-corrected chi connectivity index (χ3v) is 4.04. The van der Waals surface area contributed by atoms with Gasteiger partial charge in [0.05, 0.1) is 5.41 Å². The van der Waals surface area contributed by atoms with E-state index >= 15 is 0 Å². The van der Waals surface area contributed by atoms with Gasteiger partial charge in [0.2, 0.25) is 0 Å². The summed E-state index contributed by atoms with van der Waals surface area (Å²) in [5.41, 5.74) is -0.670. The molecule has 0 heteroatoms. The maximum absolute atomic E-state index is 5.74. The molecule has 0 aromatic heterocycles. The molecule has 0 nitrogen and oxygen atoms in total. The fraction of sp³-hybridized carbons (Fsp3) is 0.375. The highest BCUT2D eigenvalue weighted by atomic mass is 14.5. The van der Waals surface area contributed by atoms with Crippen molar-refractivity contribution in [3.05, 3.63) is 50.6 Å². The van der Waals surface area contributed by atoms with Crippen LogP contribution in [0.1, 0.15) is 19.3 Å². The van der Waals surface area contributed by atoms with Crippen molar-refractivity contribution in [2.24, 2.45) is 16.7 Å². The molecular weight excluding hydrogens is 192 g/mol.